The molecule has 3 aliphatic rings. The Balaban J connectivity index is 1.21. The number of hydrogen-bond acceptors (Lipinski definition) is 8. The summed E-state index contributed by atoms with van der Waals surface area (Å²) in [6.45, 7) is 14.3. The Hall–Kier alpha value is -6.16. The maximum absolute atomic E-state index is 14.9. The maximum Gasteiger partial charge on any atom is 0.262 e. The average molecular weight is 837 g/mol. The highest BCUT2D eigenvalue weighted by atomic mass is 16.5. The van der Waals surface area contributed by atoms with Crippen molar-refractivity contribution < 1.29 is 28.7 Å². The Labute approximate surface area is 365 Å². The SMILES string of the molecule is CCCCc1cc(N2C(=O)C=C(C3CC(C(C)C)CCC3(C)C3=CC(=O)N(c4cc(CCCC)c(Oc5ccc(N)cc5)cc4C)C3=O)C2=O)c(C)cc1Oc1ccc(N)cc1. The van der Waals surface area contributed by atoms with Crippen molar-refractivity contribution >= 4 is 46.4 Å². The van der Waals surface area contributed by atoms with E-state index < -0.39 is 35.0 Å². The lowest BCUT2D eigenvalue weighted by molar-refractivity contribution is -0.123. The molecule has 324 valence electrons. The first-order chi connectivity index (χ1) is 29.6. The minimum Gasteiger partial charge on any atom is -0.457 e. The third kappa shape index (κ3) is 8.65. The number of unbranched alkanes of at least 4 members (excludes halogenated alkanes) is 2. The molecular formula is C52H60N4O6. The zero-order valence-electron chi connectivity index (χ0n) is 37.2. The lowest BCUT2D eigenvalue weighted by Crippen LogP contribution is -2.44. The first kappa shape index (κ1) is 43.9. The summed E-state index contributed by atoms with van der Waals surface area (Å²) >= 11 is 0. The van der Waals surface area contributed by atoms with Gasteiger partial charge in [-0.2, -0.15) is 0 Å². The number of carbonyl (C=O) groups is 4. The van der Waals surface area contributed by atoms with Gasteiger partial charge in [-0.15, -0.1) is 0 Å². The second-order valence-corrected chi connectivity index (χ2v) is 17.9. The molecule has 0 aromatic heterocycles. The Morgan fingerprint density at radius 2 is 1.16 bits per heavy atom. The van der Waals surface area contributed by atoms with Gasteiger partial charge in [0.1, 0.15) is 23.0 Å². The van der Waals surface area contributed by atoms with Gasteiger partial charge in [0.25, 0.3) is 23.6 Å². The van der Waals surface area contributed by atoms with Crippen molar-refractivity contribution in [1.29, 1.82) is 0 Å². The summed E-state index contributed by atoms with van der Waals surface area (Å²) in [7, 11) is 0. The lowest BCUT2D eigenvalue weighted by Gasteiger charge is -2.46. The van der Waals surface area contributed by atoms with Crippen molar-refractivity contribution in [3.63, 3.8) is 0 Å². The molecule has 4 N–H and O–H groups in total. The number of aryl methyl sites for hydroxylation is 4. The van der Waals surface area contributed by atoms with Gasteiger partial charge < -0.3 is 20.9 Å². The van der Waals surface area contributed by atoms with Crippen LogP contribution in [0.25, 0.3) is 0 Å². The Bertz CT molecular complexity index is 2450. The van der Waals surface area contributed by atoms with Crippen molar-refractivity contribution in [3.05, 3.63) is 118 Å². The van der Waals surface area contributed by atoms with Gasteiger partial charge in [-0.25, -0.2) is 9.80 Å². The largest absolute Gasteiger partial charge is 0.457 e. The molecular weight excluding hydrogens is 777 g/mol. The Morgan fingerprint density at radius 1 is 0.694 bits per heavy atom. The van der Waals surface area contributed by atoms with Gasteiger partial charge in [-0.1, -0.05) is 47.5 Å². The third-order valence-electron chi connectivity index (χ3n) is 13.2. The van der Waals surface area contributed by atoms with Crippen LogP contribution in [0.15, 0.2) is 96.1 Å². The van der Waals surface area contributed by atoms with E-state index >= 15 is 0 Å². The molecule has 1 saturated carbocycles. The Kier molecular flexibility index (Phi) is 12.8. The van der Waals surface area contributed by atoms with Crippen LogP contribution in [0.1, 0.15) is 102 Å². The predicted molar refractivity (Wildman–Crippen MR) is 246 cm³/mol. The highest BCUT2D eigenvalue weighted by molar-refractivity contribution is 6.32. The van der Waals surface area contributed by atoms with Gasteiger partial charge in [0.05, 0.1) is 11.4 Å². The van der Waals surface area contributed by atoms with E-state index in [-0.39, 0.29) is 5.92 Å². The molecule has 10 nitrogen and oxygen atoms in total. The van der Waals surface area contributed by atoms with E-state index in [0.29, 0.717) is 99.6 Å². The summed E-state index contributed by atoms with van der Waals surface area (Å²) in [5, 5.41) is 0. The fraction of sp³-hybridized carbons (Fsp3) is 0.385. The molecule has 10 heteroatoms. The van der Waals surface area contributed by atoms with Gasteiger partial charge in [0.15, 0.2) is 0 Å². The summed E-state index contributed by atoms with van der Waals surface area (Å²) < 4.78 is 12.7. The normalized spacial score (nSPS) is 20.3. The highest BCUT2D eigenvalue weighted by Crippen LogP contribution is 2.55. The first-order valence-corrected chi connectivity index (χ1v) is 22.2. The summed E-state index contributed by atoms with van der Waals surface area (Å²) in [6, 6.07) is 22.0. The molecule has 0 bridgehead atoms. The molecule has 1 fully saturated rings. The number of nitrogens with two attached hydrogens (primary N) is 2. The van der Waals surface area contributed by atoms with E-state index in [1.807, 2.05) is 69.3 Å². The molecule has 4 amide bonds. The van der Waals surface area contributed by atoms with Gasteiger partial charge in [0.2, 0.25) is 0 Å². The molecule has 0 spiro atoms. The van der Waals surface area contributed by atoms with Crippen LogP contribution >= 0.6 is 0 Å². The number of carbonyl (C=O) groups excluding carboxylic acids is 4. The summed E-state index contributed by atoms with van der Waals surface area (Å²) in [6.07, 6.45) is 10.0. The minimum absolute atomic E-state index is 0.249. The number of ether oxygens (including phenoxy) is 2. The van der Waals surface area contributed by atoms with E-state index in [1.165, 1.54) is 22.0 Å². The van der Waals surface area contributed by atoms with E-state index in [2.05, 4.69) is 27.7 Å². The minimum atomic E-state index is -0.903. The number of imide groups is 2. The van der Waals surface area contributed by atoms with Gasteiger partial charge in [0, 0.05) is 40.1 Å². The molecule has 62 heavy (non-hydrogen) atoms. The molecule has 4 aromatic rings. The van der Waals surface area contributed by atoms with Crippen LogP contribution in [0.4, 0.5) is 22.7 Å². The molecule has 3 unspecified atom stereocenters. The zero-order valence-corrected chi connectivity index (χ0v) is 37.2. The smallest absolute Gasteiger partial charge is 0.262 e. The van der Waals surface area contributed by atoms with Crippen molar-refractivity contribution in [2.45, 2.75) is 106 Å². The monoisotopic (exact) mass is 836 g/mol. The second-order valence-electron chi connectivity index (χ2n) is 17.9. The number of nitrogens with zero attached hydrogens (tertiary/aromatic N) is 2. The quantitative estimate of drug-likeness (QED) is 0.0889. The number of rotatable bonds is 15. The molecule has 0 radical (unpaired) electrons. The topological polar surface area (TPSA) is 145 Å². The molecule has 0 saturated heterocycles. The van der Waals surface area contributed by atoms with E-state index in [4.69, 9.17) is 20.9 Å². The van der Waals surface area contributed by atoms with Gasteiger partial charge in [-0.05, 0) is 172 Å². The fourth-order valence-electron chi connectivity index (χ4n) is 9.36. The lowest BCUT2D eigenvalue weighted by atomic mass is 9.57. The van der Waals surface area contributed by atoms with Crippen LogP contribution in [0.2, 0.25) is 0 Å². The molecule has 2 heterocycles. The van der Waals surface area contributed by atoms with Crippen molar-refractivity contribution in [2.24, 2.45) is 23.2 Å². The zero-order chi connectivity index (χ0) is 44.5. The van der Waals surface area contributed by atoms with E-state index in [0.717, 1.165) is 43.2 Å². The van der Waals surface area contributed by atoms with Gasteiger partial charge >= 0.3 is 0 Å². The number of amides is 4. The van der Waals surface area contributed by atoms with Crippen LogP contribution in [-0.2, 0) is 32.0 Å². The molecule has 4 aromatic carbocycles. The third-order valence-corrected chi connectivity index (χ3v) is 13.2. The first-order valence-electron chi connectivity index (χ1n) is 22.2. The van der Waals surface area contributed by atoms with Crippen LogP contribution < -0.4 is 30.7 Å². The number of benzene rings is 4. The van der Waals surface area contributed by atoms with Crippen LogP contribution in [-0.4, -0.2) is 23.6 Å². The van der Waals surface area contributed by atoms with Gasteiger partial charge in [-0.3, -0.25) is 19.2 Å². The van der Waals surface area contributed by atoms with Crippen molar-refractivity contribution in [1.82, 2.24) is 0 Å². The van der Waals surface area contributed by atoms with Crippen molar-refractivity contribution in [2.75, 3.05) is 21.3 Å². The van der Waals surface area contributed by atoms with Crippen LogP contribution in [0.5, 0.6) is 23.0 Å². The molecule has 1 aliphatic carbocycles. The predicted octanol–water partition coefficient (Wildman–Crippen LogP) is 11.1. The Morgan fingerprint density at radius 3 is 1.63 bits per heavy atom. The van der Waals surface area contributed by atoms with Crippen LogP contribution in [0.3, 0.4) is 0 Å². The molecule has 3 atom stereocenters. The summed E-state index contributed by atoms with van der Waals surface area (Å²) in [5.41, 5.74) is 17.2. The van der Waals surface area contributed by atoms with E-state index in [9.17, 15) is 19.2 Å². The standard InChI is InChI=1S/C52H60N4O6/c1-8-10-12-35-27-44(32(5)24-46(35)61-39-18-14-37(53)15-19-39)55-48(57)29-41(50(55)59)42-26-34(31(3)4)22-23-52(42,7)43-30-49(58)56(51(43)60)45-28-36(13-11-9-2)47(25-33(45)6)62-40-20-16-38(54)17-21-40/h14-21,24-25,27-31,34,42H,8-13,22-23,26,53-54H2,1-7H3. The number of anilines is 4. The van der Waals surface area contributed by atoms with Crippen molar-refractivity contribution in [3.8, 4) is 23.0 Å². The molecule has 7 rings (SSSR count). The summed E-state index contributed by atoms with van der Waals surface area (Å²) in [4.78, 5) is 60.6. The summed E-state index contributed by atoms with van der Waals surface area (Å²) in [5.74, 6) is 1.03. The molecule has 2 aliphatic heterocycles. The highest BCUT2D eigenvalue weighted by Gasteiger charge is 2.53. The number of hydrogen-bond donors (Lipinski definition) is 2. The fourth-order valence-corrected chi connectivity index (χ4v) is 9.36. The average Bonchev–Trinajstić information content (AvgIpc) is 3.71. The van der Waals surface area contributed by atoms with E-state index in [1.54, 1.807) is 24.3 Å². The second kappa shape index (κ2) is 18.1. The van der Waals surface area contributed by atoms with Crippen LogP contribution in [0, 0.1) is 37.0 Å². The number of nitrogen functional groups attached to an aromatic ring is 2. The maximum atomic E-state index is 14.9.